The van der Waals surface area contributed by atoms with Gasteiger partial charge in [0.2, 0.25) is 0 Å². The van der Waals surface area contributed by atoms with Crippen LogP contribution in [0.5, 0.6) is 5.75 Å². The molecule has 2 unspecified atom stereocenters. The molecule has 7 nitrogen and oxygen atoms in total. The summed E-state index contributed by atoms with van der Waals surface area (Å²) in [5, 5.41) is 5.02. The van der Waals surface area contributed by atoms with Crippen molar-refractivity contribution in [1.29, 1.82) is 0 Å². The highest BCUT2D eigenvalue weighted by Gasteiger charge is 2.40. The van der Waals surface area contributed by atoms with Gasteiger partial charge in [0, 0.05) is 29.9 Å². The molecule has 32 heavy (non-hydrogen) atoms. The average Bonchev–Trinajstić information content (AvgIpc) is 3.36. The Hall–Kier alpha value is -2.71. The van der Waals surface area contributed by atoms with E-state index in [0.717, 1.165) is 24.1 Å². The number of amides is 1. The Bertz CT molecular complexity index is 1220. The summed E-state index contributed by atoms with van der Waals surface area (Å²) in [5.41, 5.74) is 2.78. The minimum atomic E-state index is -0.407. The highest BCUT2D eigenvalue weighted by Crippen LogP contribution is 2.37. The van der Waals surface area contributed by atoms with Crippen molar-refractivity contribution in [3.05, 3.63) is 58.3 Å². The summed E-state index contributed by atoms with van der Waals surface area (Å²) >= 11 is 6.01. The van der Waals surface area contributed by atoms with Gasteiger partial charge in [0.25, 0.3) is 5.91 Å². The SMILES string of the molecule is CN1C2CC[C@@H]1CC(Oc1cc(F)ccc1C(=O)N1Cc3nn4cc(Cl)cnc4c3C1)C2. The zero-order chi connectivity index (χ0) is 22.0. The summed E-state index contributed by atoms with van der Waals surface area (Å²) < 4.78 is 22.0. The molecule has 3 atom stereocenters. The van der Waals surface area contributed by atoms with Gasteiger partial charge in [0.05, 0.1) is 35.6 Å². The van der Waals surface area contributed by atoms with Crippen molar-refractivity contribution in [1.82, 2.24) is 24.4 Å². The predicted molar refractivity (Wildman–Crippen MR) is 116 cm³/mol. The number of aromatic nitrogens is 3. The van der Waals surface area contributed by atoms with Gasteiger partial charge < -0.3 is 14.5 Å². The molecular formula is C23H23ClFN5O2. The number of hydrogen-bond donors (Lipinski definition) is 0. The fourth-order valence-corrected chi connectivity index (χ4v) is 5.58. The lowest BCUT2D eigenvalue weighted by Gasteiger charge is -2.36. The molecule has 3 aliphatic heterocycles. The zero-order valence-electron chi connectivity index (χ0n) is 17.7. The molecule has 166 valence electrons. The lowest BCUT2D eigenvalue weighted by Crippen LogP contribution is -2.44. The van der Waals surface area contributed by atoms with Crippen molar-refractivity contribution >= 4 is 23.2 Å². The Labute approximate surface area is 189 Å². The van der Waals surface area contributed by atoms with E-state index in [1.807, 2.05) is 0 Å². The van der Waals surface area contributed by atoms with E-state index in [1.165, 1.54) is 31.0 Å². The predicted octanol–water partition coefficient (Wildman–Crippen LogP) is 3.68. The molecule has 2 aromatic heterocycles. The van der Waals surface area contributed by atoms with E-state index in [-0.39, 0.29) is 12.0 Å². The summed E-state index contributed by atoms with van der Waals surface area (Å²) in [6.45, 7) is 0.756. The number of piperidine rings is 1. The smallest absolute Gasteiger partial charge is 0.258 e. The molecule has 0 aliphatic carbocycles. The summed E-state index contributed by atoms with van der Waals surface area (Å²) in [6.07, 6.45) is 7.41. The van der Waals surface area contributed by atoms with Crippen LogP contribution in [0.25, 0.3) is 5.65 Å². The molecule has 3 aliphatic rings. The first-order chi connectivity index (χ1) is 15.5. The molecule has 1 aromatic carbocycles. The fraction of sp³-hybridized carbons (Fsp3) is 0.435. The highest BCUT2D eigenvalue weighted by molar-refractivity contribution is 6.30. The quantitative estimate of drug-likeness (QED) is 0.603. The molecule has 0 N–H and O–H groups in total. The maximum Gasteiger partial charge on any atom is 0.258 e. The van der Waals surface area contributed by atoms with Crippen molar-refractivity contribution in [3.8, 4) is 5.75 Å². The first-order valence-electron chi connectivity index (χ1n) is 11.0. The van der Waals surface area contributed by atoms with Crippen molar-refractivity contribution in [2.45, 2.75) is 57.0 Å². The van der Waals surface area contributed by atoms with Crippen LogP contribution >= 0.6 is 11.6 Å². The second-order valence-corrected chi connectivity index (χ2v) is 9.47. The van der Waals surface area contributed by atoms with E-state index in [1.54, 1.807) is 21.8 Å². The van der Waals surface area contributed by atoms with Crippen LogP contribution in [-0.4, -0.2) is 55.5 Å². The molecule has 0 saturated carbocycles. The molecule has 2 fully saturated rings. The van der Waals surface area contributed by atoms with Crippen molar-refractivity contribution in [2.75, 3.05) is 7.05 Å². The number of benzene rings is 1. The van der Waals surface area contributed by atoms with Gasteiger partial charge >= 0.3 is 0 Å². The summed E-state index contributed by atoms with van der Waals surface area (Å²) in [4.78, 5) is 21.9. The van der Waals surface area contributed by atoms with E-state index in [4.69, 9.17) is 16.3 Å². The lowest BCUT2D eigenvalue weighted by atomic mass is 10.0. The third kappa shape index (κ3) is 3.24. The van der Waals surface area contributed by atoms with Crippen LogP contribution in [0.3, 0.4) is 0 Å². The van der Waals surface area contributed by atoms with Gasteiger partial charge in [-0.2, -0.15) is 5.10 Å². The second kappa shape index (κ2) is 7.42. The number of carbonyl (C=O) groups excluding carboxylic acids is 1. The van der Waals surface area contributed by atoms with E-state index < -0.39 is 5.82 Å². The van der Waals surface area contributed by atoms with E-state index >= 15 is 0 Å². The number of rotatable bonds is 3. The molecule has 1 amide bonds. The Kier molecular flexibility index (Phi) is 4.62. The Morgan fingerprint density at radius 3 is 2.78 bits per heavy atom. The first kappa shape index (κ1) is 19.9. The van der Waals surface area contributed by atoms with Crippen LogP contribution in [0, 0.1) is 5.82 Å². The number of carbonyl (C=O) groups is 1. The number of nitrogens with zero attached hydrogens (tertiary/aromatic N) is 5. The van der Waals surface area contributed by atoms with Gasteiger partial charge in [0.1, 0.15) is 17.7 Å². The number of fused-ring (bicyclic) bond motifs is 5. The van der Waals surface area contributed by atoms with Gasteiger partial charge in [0.15, 0.2) is 5.65 Å². The normalized spacial score (nSPS) is 24.8. The fourth-order valence-electron chi connectivity index (χ4n) is 5.44. The number of ether oxygens (including phenoxy) is 1. The molecule has 0 radical (unpaired) electrons. The summed E-state index contributed by atoms with van der Waals surface area (Å²) in [6, 6.07) is 5.17. The van der Waals surface area contributed by atoms with Crippen molar-refractivity contribution in [3.63, 3.8) is 0 Å². The summed E-state index contributed by atoms with van der Waals surface area (Å²) in [7, 11) is 2.17. The van der Waals surface area contributed by atoms with Crippen LogP contribution in [-0.2, 0) is 13.1 Å². The average molecular weight is 456 g/mol. The summed E-state index contributed by atoms with van der Waals surface area (Å²) in [5.74, 6) is -0.274. The lowest BCUT2D eigenvalue weighted by molar-refractivity contribution is 0.0622. The maximum atomic E-state index is 14.1. The van der Waals surface area contributed by atoms with Gasteiger partial charge in [-0.1, -0.05) is 11.6 Å². The molecule has 2 saturated heterocycles. The Morgan fingerprint density at radius 2 is 2.00 bits per heavy atom. The molecule has 3 aromatic rings. The van der Waals surface area contributed by atoms with Gasteiger partial charge in [-0.25, -0.2) is 13.9 Å². The topological polar surface area (TPSA) is 63.0 Å². The van der Waals surface area contributed by atoms with Gasteiger partial charge in [-0.15, -0.1) is 0 Å². The first-order valence-corrected chi connectivity index (χ1v) is 11.3. The highest BCUT2D eigenvalue weighted by atomic mass is 35.5. The Balaban J connectivity index is 1.24. The number of halogens is 2. The third-order valence-electron chi connectivity index (χ3n) is 7.12. The van der Waals surface area contributed by atoms with E-state index in [0.29, 0.717) is 47.2 Å². The van der Waals surface area contributed by atoms with Gasteiger partial charge in [-0.05, 0) is 44.9 Å². The third-order valence-corrected chi connectivity index (χ3v) is 7.31. The molecule has 2 bridgehead atoms. The van der Waals surface area contributed by atoms with Crippen LogP contribution in [0.2, 0.25) is 5.02 Å². The van der Waals surface area contributed by atoms with Crippen molar-refractivity contribution < 1.29 is 13.9 Å². The molecular weight excluding hydrogens is 433 g/mol. The molecule has 5 heterocycles. The maximum absolute atomic E-state index is 14.1. The van der Waals surface area contributed by atoms with Crippen LogP contribution in [0.1, 0.15) is 47.3 Å². The van der Waals surface area contributed by atoms with Crippen LogP contribution in [0.15, 0.2) is 30.6 Å². The minimum Gasteiger partial charge on any atom is -0.489 e. The van der Waals surface area contributed by atoms with E-state index in [2.05, 4.69) is 22.0 Å². The monoisotopic (exact) mass is 455 g/mol. The standard InChI is InChI=1S/C23H23ClFN5O2/c1-28-15-3-4-16(28)8-17(7-15)32-21-6-14(25)2-5-18(21)23(31)29-11-19-20(12-29)27-30-10-13(24)9-26-22(19)30/h2,5-6,9-10,15-17H,3-4,7-8,11-12H2,1H3/t15-,16?,17?/m1/s1. The van der Waals surface area contributed by atoms with Gasteiger partial charge in [-0.3, -0.25) is 4.79 Å². The van der Waals surface area contributed by atoms with E-state index in [9.17, 15) is 9.18 Å². The minimum absolute atomic E-state index is 0.00835. The molecule has 6 rings (SSSR count). The van der Waals surface area contributed by atoms with Crippen LogP contribution in [0.4, 0.5) is 4.39 Å². The number of hydrogen-bond acceptors (Lipinski definition) is 5. The van der Waals surface area contributed by atoms with Crippen molar-refractivity contribution in [2.24, 2.45) is 0 Å². The largest absolute Gasteiger partial charge is 0.489 e. The Morgan fingerprint density at radius 1 is 1.22 bits per heavy atom. The molecule has 0 spiro atoms. The molecule has 9 heteroatoms. The van der Waals surface area contributed by atoms with Crippen LogP contribution < -0.4 is 4.74 Å². The zero-order valence-corrected chi connectivity index (χ0v) is 18.4. The second-order valence-electron chi connectivity index (χ2n) is 9.03.